The molecule has 0 saturated heterocycles. The number of hydrogen-bond donors (Lipinski definition) is 2. The lowest BCUT2D eigenvalue weighted by Gasteiger charge is -2.42. The van der Waals surface area contributed by atoms with Crippen molar-refractivity contribution < 1.29 is 5.11 Å². The summed E-state index contributed by atoms with van der Waals surface area (Å²) in [7, 11) is 0. The lowest BCUT2D eigenvalue weighted by atomic mass is 9.79. The average Bonchev–Trinajstić information content (AvgIpc) is 3.23. The highest BCUT2D eigenvalue weighted by Gasteiger charge is 2.38. The van der Waals surface area contributed by atoms with E-state index in [1.165, 1.54) is 51.6 Å². The second-order valence-corrected chi connectivity index (χ2v) is 7.11. The molecule has 0 bridgehead atoms. The van der Waals surface area contributed by atoms with Crippen molar-refractivity contribution in [3.8, 4) is 0 Å². The zero-order valence-corrected chi connectivity index (χ0v) is 11.5. The molecule has 0 aromatic heterocycles. The molecule has 3 nitrogen and oxygen atoms in total. The summed E-state index contributed by atoms with van der Waals surface area (Å²) in [5, 5.41) is 9.49. The first-order chi connectivity index (χ1) is 8.68. The van der Waals surface area contributed by atoms with Gasteiger partial charge in [-0.3, -0.25) is 4.90 Å². The van der Waals surface area contributed by atoms with Crippen LogP contribution in [0.15, 0.2) is 0 Å². The van der Waals surface area contributed by atoms with Crippen LogP contribution in [0, 0.1) is 11.8 Å². The first-order valence-corrected chi connectivity index (χ1v) is 7.82. The van der Waals surface area contributed by atoms with Gasteiger partial charge in [-0.2, -0.15) is 0 Å². The summed E-state index contributed by atoms with van der Waals surface area (Å²) in [4.78, 5) is 2.73. The molecule has 0 aromatic rings. The largest absolute Gasteiger partial charge is 0.394 e. The van der Waals surface area contributed by atoms with E-state index in [1.54, 1.807) is 0 Å². The van der Waals surface area contributed by atoms with Crippen molar-refractivity contribution in [1.82, 2.24) is 4.90 Å². The summed E-state index contributed by atoms with van der Waals surface area (Å²) in [6.45, 7) is 2.75. The zero-order valence-electron chi connectivity index (χ0n) is 11.5. The van der Waals surface area contributed by atoms with Gasteiger partial charge >= 0.3 is 0 Å². The third-order valence-corrected chi connectivity index (χ3v) is 5.06. The monoisotopic (exact) mass is 252 g/mol. The quantitative estimate of drug-likeness (QED) is 0.757. The molecule has 2 atom stereocenters. The van der Waals surface area contributed by atoms with Crippen molar-refractivity contribution >= 4 is 0 Å². The molecule has 2 unspecified atom stereocenters. The van der Waals surface area contributed by atoms with Gasteiger partial charge in [0.15, 0.2) is 0 Å². The molecule has 3 rings (SSSR count). The molecule has 104 valence electrons. The highest BCUT2D eigenvalue weighted by atomic mass is 16.3. The molecular formula is C15H28N2O. The summed E-state index contributed by atoms with van der Waals surface area (Å²) < 4.78 is 0. The molecule has 18 heavy (non-hydrogen) atoms. The molecular weight excluding hydrogens is 224 g/mol. The predicted octanol–water partition coefficient (Wildman–Crippen LogP) is 1.74. The van der Waals surface area contributed by atoms with Crippen molar-refractivity contribution in [2.75, 3.05) is 19.7 Å². The van der Waals surface area contributed by atoms with Gasteiger partial charge in [-0.15, -0.1) is 0 Å². The topological polar surface area (TPSA) is 49.5 Å². The number of nitrogens with two attached hydrogens (primary N) is 1. The second kappa shape index (κ2) is 5.10. The van der Waals surface area contributed by atoms with Gasteiger partial charge < -0.3 is 10.8 Å². The van der Waals surface area contributed by atoms with Gasteiger partial charge in [-0.05, 0) is 63.2 Å². The molecule has 0 amide bonds. The highest BCUT2D eigenvalue weighted by Crippen LogP contribution is 2.37. The summed E-state index contributed by atoms with van der Waals surface area (Å²) in [6, 6.07) is 0.636. The summed E-state index contributed by atoms with van der Waals surface area (Å²) in [5.74, 6) is 1.93. The SMILES string of the molecule is NC1(CO)CCCC(N(CC2CC2)CC2CC2)C1. The molecule has 0 radical (unpaired) electrons. The minimum Gasteiger partial charge on any atom is -0.394 e. The molecule has 0 heterocycles. The van der Waals surface area contributed by atoms with Crippen molar-refractivity contribution in [3.05, 3.63) is 0 Å². The fourth-order valence-corrected chi connectivity index (χ4v) is 3.46. The maximum atomic E-state index is 9.49. The fourth-order valence-electron chi connectivity index (χ4n) is 3.46. The van der Waals surface area contributed by atoms with Crippen LogP contribution in [0.2, 0.25) is 0 Å². The van der Waals surface area contributed by atoms with E-state index in [4.69, 9.17) is 5.73 Å². The van der Waals surface area contributed by atoms with Gasteiger partial charge in [-0.1, -0.05) is 0 Å². The Balaban J connectivity index is 1.60. The van der Waals surface area contributed by atoms with E-state index in [9.17, 15) is 5.11 Å². The average molecular weight is 252 g/mol. The summed E-state index contributed by atoms with van der Waals surface area (Å²) in [6.07, 6.45) is 10.2. The summed E-state index contributed by atoms with van der Waals surface area (Å²) >= 11 is 0. The van der Waals surface area contributed by atoms with Crippen LogP contribution in [0.5, 0.6) is 0 Å². The first kappa shape index (κ1) is 12.9. The second-order valence-electron chi connectivity index (χ2n) is 7.11. The van der Waals surface area contributed by atoms with Crippen molar-refractivity contribution in [2.45, 2.75) is 62.9 Å². The maximum Gasteiger partial charge on any atom is 0.0611 e. The molecule has 3 saturated carbocycles. The summed E-state index contributed by atoms with van der Waals surface area (Å²) in [5.41, 5.74) is 6.01. The molecule has 3 N–H and O–H groups in total. The molecule has 3 fully saturated rings. The normalized spacial score (nSPS) is 37.2. The number of rotatable bonds is 6. The Labute approximate surface area is 111 Å². The van der Waals surface area contributed by atoms with Gasteiger partial charge in [0.1, 0.15) is 0 Å². The Morgan fingerprint density at radius 2 is 1.67 bits per heavy atom. The van der Waals surface area contributed by atoms with E-state index >= 15 is 0 Å². The Morgan fingerprint density at radius 3 is 2.17 bits per heavy atom. The van der Waals surface area contributed by atoms with E-state index in [-0.39, 0.29) is 12.1 Å². The van der Waals surface area contributed by atoms with E-state index in [1.807, 2.05) is 0 Å². The van der Waals surface area contributed by atoms with Gasteiger partial charge in [0, 0.05) is 24.7 Å². The van der Waals surface area contributed by atoms with E-state index in [0.29, 0.717) is 6.04 Å². The number of hydrogen-bond acceptors (Lipinski definition) is 3. The third kappa shape index (κ3) is 3.25. The molecule has 0 aliphatic heterocycles. The van der Waals surface area contributed by atoms with Crippen LogP contribution in [0.3, 0.4) is 0 Å². The number of nitrogens with zero attached hydrogens (tertiary/aromatic N) is 1. The van der Waals surface area contributed by atoms with Crippen LogP contribution >= 0.6 is 0 Å². The van der Waals surface area contributed by atoms with E-state index in [0.717, 1.165) is 24.7 Å². The minimum atomic E-state index is -0.297. The van der Waals surface area contributed by atoms with Gasteiger partial charge in [-0.25, -0.2) is 0 Å². The lowest BCUT2D eigenvalue weighted by Crippen LogP contribution is -2.53. The smallest absolute Gasteiger partial charge is 0.0611 e. The van der Waals surface area contributed by atoms with Crippen LogP contribution in [0.4, 0.5) is 0 Å². The standard InChI is InChI=1S/C15H28N2O/c16-15(11-18)7-1-2-14(8-15)17(9-12-3-4-12)10-13-5-6-13/h12-14,18H,1-11,16H2. The van der Waals surface area contributed by atoms with Gasteiger partial charge in [0.05, 0.1) is 6.61 Å². The molecule has 0 spiro atoms. The van der Waals surface area contributed by atoms with E-state index in [2.05, 4.69) is 4.90 Å². The van der Waals surface area contributed by atoms with Crippen LogP contribution in [0.25, 0.3) is 0 Å². The third-order valence-electron chi connectivity index (χ3n) is 5.06. The zero-order chi connectivity index (χ0) is 12.6. The Morgan fingerprint density at radius 1 is 1.06 bits per heavy atom. The van der Waals surface area contributed by atoms with Crippen molar-refractivity contribution in [3.63, 3.8) is 0 Å². The highest BCUT2D eigenvalue weighted by molar-refractivity contribution is 4.96. The molecule has 3 aliphatic rings. The van der Waals surface area contributed by atoms with Crippen LogP contribution < -0.4 is 5.73 Å². The lowest BCUT2D eigenvalue weighted by molar-refractivity contribution is 0.0753. The molecule has 3 aliphatic carbocycles. The maximum absolute atomic E-state index is 9.49. The fraction of sp³-hybridized carbons (Fsp3) is 1.00. The van der Waals surface area contributed by atoms with Crippen molar-refractivity contribution in [2.24, 2.45) is 17.6 Å². The van der Waals surface area contributed by atoms with Crippen LogP contribution in [0.1, 0.15) is 51.4 Å². The minimum absolute atomic E-state index is 0.157. The van der Waals surface area contributed by atoms with Gasteiger partial charge in [0.2, 0.25) is 0 Å². The number of aliphatic hydroxyl groups is 1. The number of aliphatic hydroxyl groups excluding tert-OH is 1. The van der Waals surface area contributed by atoms with Gasteiger partial charge in [0.25, 0.3) is 0 Å². The van der Waals surface area contributed by atoms with Crippen LogP contribution in [-0.4, -0.2) is 41.3 Å². The predicted molar refractivity (Wildman–Crippen MR) is 73.3 cm³/mol. The van der Waals surface area contributed by atoms with Crippen molar-refractivity contribution in [1.29, 1.82) is 0 Å². The molecule has 3 heteroatoms. The molecule has 0 aromatic carbocycles. The van der Waals surface area contributed by atoms with E-state index < -0.39 is 0 Å². The Hall–Kier alpha value is -0.120. The Kier molecular flexibility index (Phi) is 3.65. The Bertz CT molecular complexity index is 274. The first-order valence-electron chi connectivity index (χ1n) is 7.82. The van der Waals surface area contributed by atoms with Crippen LogP contribution in [-0.2, 0) is 0 Å².